The molecule has 4 aromatic rings. The number of H-pyrrole nitrogens is 1. The van der Waals surface area contributed by atoms with Crippen LogP contribution in [0.2, 0.25) is 0 Å². The summed E-state index contributed by atoms with van der Waals surface area (Å²) in [5.74, 6) is -4.55. The van der Waals surface area contributed by atoms with E-state index < -0.39 is 81.2 Å². The molecule has 18 heteroatoms. The minimum absolute atomic E-state index is 0.00594. The second kappa shape index (κ2) is 20.6. The van der Waals surface area contributed by atoms with Gasteiger partial charge >= 0.3 is 5.97 Å². The number of aryl methyl sites for hydroxylation is 1. The van der Waals surface area contributed by atoms with E-state index in [2.05, 4.69) is 20.0 Å². The SMILES string of the molecule is CC[C@H](C)[C@@H](C(=O)OC)N(C(=O)CC(O)C(N)Cc1ccc([N+](=O)[O-])cc1)C(=O)[C@H](Cc1cnc[nH]1)NC(=O)[C@H](Cc1ccccc1)NS(=O)(=O)c1ccc(C)cc1. The number of nitro benzene ring substituents is 1. The van der Waals surface area contributed by atoms with E-state index in [4.69, 9.17) is 10.5 Å². The Morgan fingerprint density at radius 3 is 2.17 bits per heavy atom. The van der Waals surface area contributed by atoms with Gasteiger partial charge in [0.25, 0.3) is 11.6 Å². The molecule has 6 atom stereocenters. The molecule has 0 aliphatic carbocycles. The zero-order chi connectivity index (χ0) is 42.6. The van der Waals surface area contributed by atoms with E-state index in [1.165, 1.54) is 48.9 Å². The Bertz CT molecular complexity index is 2120. The lowest BCUT2D eigenvalue weighted by atomic mass is 9.94. The lowest BCUT2D eigenvalue weighted by Crippen LogP contribution is -2.61. The number of nitrogens with two attached hydrogens (primary N) is 1. The number of carbonyl (C=O) groups is 4. The van der Waals surface area contributed by atoms with E-state index in [9.17, 15) is 42.8 Å². The third-order valence-corrected chi connectivity index (χ3v) is 11.2. The molecule has 1 aromatic heterocycles. The number of amides is 3. The molecule has 3 amide bonds. The van der Waals surface area contributed by atoms with Crippen LogP contribution in [0, 0.1) is 23.0 Å². The average molecular weight is 820 g/mol. The molecule has 0 spiro atoms. The van der Waals surface area contributed by atoms with Crippen LogP contribution in [-0.2, 0) is 53.2 Å². The first kappa shape index (κ1) is 44.9. The number of nitro groups is 1. The van der Waals surface area contributed by atoms with E-state index >= 15 is 0 Å². The molecule has 2 unspecified atom stereocenters. The highest BCUT2D eigenvalue weighted by Crippen LogP contribution is 2.22. The Kier molecular flexibility index (Phi) is 15.9. The van der Waals surface area contributed by atoms with Gasteiger partial charge in [0, 0.05) is 36.5 Å². The summed E-state index contributed by atoms with van der Waals surface area (Å²) in [6.07, 6.45) is 0.363. The number of methoxy groups -OCH3 is 1. The third-order valence-electron chi connectivity index (χ3n) is 9.73. The molecule has 0 radical (unpaired) electrons. The number of rotatable bonds is 20. The summed E-state index contributed by atoms with van der Waals surface area (Å²) >= 11 is 0. The molecule has 0 bridgehead atoms. The van der Waals surface area contributed by atoms with Crippen LogP contribution in [0.25, 0.3) is 0 Å². The molecular weight excluding hydrogens is 771 g/mol. The summed E-state index contributed by atoms with van der Waals surface area (Å²) in [6, 6.07) is 14.5. The van der Waals surface area contributed by atoms with Crippen LogP contribution in [0.3, 0.4) is 0 Å². The van der Waals surface area contributed by atoms with Gasteiger partial charge in [-0.3, -0.25) is 29.4 Å². The normalized spacial score (nSPS) is 14.6. The van der Waals surface area contributed by atoms with Crippen LogP contribution in [0.4, 0.5) is 5.69 Å². The van der Waals surface area contributed by atoms with Crippen molar-refractivity contribution in [2.75, 3.05) is 7.11 Å². The van der Waals surface area contributed by atoms with E-state index in [1.54, 1.807) is 63.2 Å². The van der Waals surface area contributed by atoms with E-state index in [0.717, 1.165) is 12.7 Å². The number of imidazole rings is 1. The number of hydrogen-bond donors (Lipinski definition) is 5. The second-order valence-electron chi connectivity index (χ2n) is 14.0. The first-order valence-electron chi connectivity index (χ1n) is 18.6. The average Bonchev–Trinajstić information content (AvgIpc) is 3.72. The number of aliphatic hydroxyl groups excluding tert-OH is 1. The number of esters is 1. The Morgan fingerprint density at radius 1 is 0.966 bits per heavy atom. The number of carbonyl (C=O) groups excluding carboxylic acids is 4. The van der Waals surface area contributed by atoms with Gasteiger partial charge in [-0.2, -0.15) is 4.72 Å². The number of sulfonamides is 1. The van der Waals surface area contributed by atoms with Gasteiger partial charge in [-0.05, 0) is 48.9 Å². The molecule has 3 aromatic carbocycles. The minimum Gasteiger partial charge on any atom is -0.467 e. The van der Waals surface area contributed by atoms with Crippen LogP contribution in [0.1, 0.15) is 49.1 Å². The highest BCUT2D eigenvalue weighted by atomic mass is 32.2. The van der Waals surface area contributed by atoms with E-state index in [1.807, 2.05) is 0 Å². The highest BCUT2D eigenvalue weighted by Gasteiger charge is 2.43. The van der Waals surface area contributed by atoms with Crippen LogP contribution >= 0.6 is 0 Å². The van der Waals surface area contributed by atoms with Gasteiger partial charge in [-0.1, -0.05) is 80.4 Å². The third kappa shape index (κ3) is 12.1. The van der Waals surface area contributed by atoms with E-state index in [-0.39, 0.29) is 29.8 Å². The standard InChI is InChI=1S/C40H49N7O10S/c1-5-26(3)37(40(52)57-4)46(36(49)22-35(48)32(41)19-28-13-15-30(16-14-28)47(53)54)39(51)34(21-29-23-42-24-43-29)44-38(50)33(20-27-9-7-6-8-10-27)45-58(55,56)31-17-11-25(2)12-18-31/h6-18,23-24,26,32-35,37,45,48H,5,19-22,41H2,1-4H3,(H,42,43)(H,44,50)/t26-,32?,33-,34-,35?,37-/m0/s1. The van der Waals surface area contributed by atoms with Crippen molar-refractivity contribution < 1.29 is 42.4 Å². The van der Waals surface area contributed by atoms with Crippen molar-refractivity contribution in [3.63, 3.8) is 0 Å². The Morgan fingerprint density at radius 2 is 1.60 bits per heavy atom. The smallest absolute Gasteiger partial charge is 0.329 e. The van der Waals surface area contributed by atoms with Crippen molar-refractivity contribution in [3.8, 4) is 0 Å². The molecule has 310 valence electrons. The Hall–Kier alpha value is -5.82. The number of ether oxygens (including phenoxy) is 1. The molecule has 0 aliphatic rings. The number of non-ortho nitro benzene ring substituents is 1. The van der Waals surface area contributed by atoms with Crippen molar-refractivity contribution in [1.82, 2.24) is 24.9 Å². The number of hydrogen-bond acceptors (Lipinski definition) is 12. The predicted octanol–water partition coefficient (Wildman–Crippen LogP) is 2.51. The van der Waals surface area contributed by atoms with Gasteiger partial charge in [-0.25, -0.2) is 18.2 Å². The molecule has 4 rings (SSSR count). The molecule has 58 heavy (non-hydrogen) atoms. The second-order valence-corrected chi connectivity index (χ2v) is 15.8. The lowest BCUT2D eigenvalue weighted by molar-refractivity contribution is -0.384. The van der Waals surface area contributed by atoms with Gasteiger partial charge in [0.2, 0.25) is 21.8 Å². The fraction of sp³-hybridized carbons (Fsp3) is 0.375. The van der Waals surface area contributed by atoms with Crippen molar-refractivity contribution in [2.24, 2.45) is 11.7 Å². The van der Waals surface area contributed by atoms with Crippen LogP contribution in [-0.4, -0.2) is 94.4 Å². The number of aromatic amines is 1. The fourth-order valence-corrected chi connectivity index (χ4v) is 7.40. The van der Waals surface area contributed by atoms with Gasteiger partial charge < -0.3 is 25.9 Å². The summed E-state index contributed by atoms with van der Waals surface area (Å²) < 4.78 is 34.7. The summed E-state index contributed by atoms with van der Waals surface area (Å²) in [4.78, 5) is 74.7. The monoisotopic (exact) mass is 819 g/mol. The maximum atomic E-state index is 14.8. The van der Waals surface area contributed by atoms with Gasteiger partial charge in [0.05, 0.1) is 35.8 Å². The van der Waals surface area contributed by atoms with Crippen molar-refractivity contribution in [2.45, 2.75) is 88.0 Å². The topological polar surface area (TPSA) is 257 Å². The number of aliphatic hydroxyl groups is 1. The fourth-order valence-electron chi connectivity index (χ4n) is 6.21. The molecule has 17 nitrogen and oxygen atoms in total. The number of benzene rings is 3. The molecule has 1 heterocycles. The maximum Gasteiger partial charge on any atom is 0.329 e. The first-order valence-corrected chi connectivity index (χ1v) is 20.0. The van der Waals surface area contributed by atoms with Gasteiger partial charge in [0.15, 0.2) is 0 Å². The molecule has 0 saturated heterocycles. The van der Waals surface area contributed by atoms with Crippen LogP contribution < -0.4 is 15.8 Å². The highest BCUT2D eigenvalue weighted by molar-refractivity contribution is 7.89. The molecule has 0 fully saturated rings. The first-order chi connectivity index (χ1) is 27.5. The van der Waals surface area contributed by atoms with Crippen molar-refractivity contribution in [1.29, 1.82) is 0 Å². The number of nitrogens with zero attached hydrogens (tertiary/aromatic N) is 3. The zero-order valence-electron chi connectivity index (χ0n) is 32.6. The predicted molar refractivity (Wildman–Crippen MR) is 212 cm³/mol. The van der Waals surface area contributed by atoms with Crippen molar-refractivity contribution >= 4 is 39.4 Å². The minimum atomic E-state index is -4.28. The van der Waals surface area contributed by atoms with Crippen LogP contribution in [0.15, 0.2) is 96.3 Å². The largest absolute Gasteiger partial charge is 0.467 e. The summed E-state index contributed by atoms with van der Waals surface area (Å²) in [5, 5.41) is 24.9. The Labute approximate surface area is 336 Å². The zero-order valence-corrected chi connectivity index (χ0v) is 33.4. The number of aromatic nitrogens is 2. The van der Waals surface area contributed by atoms with Gasteiger partial charge in [-0.15, -0.1) is 0 Å². The molecule has 6 N–H and O–H groups in total. The summed E-state index contributed by atoms with van der Waals surface area (Å²) in [5.41, 5.74) is 8.44. The lowest BCUT2D eigenvalue weighted by Gasteiger charge is -2.35. The molecular formula is C40H49N7O10S. The summed E-state index contributed by atoms with van der Waals surface area (Å²) in [6.45, 7) is 5.16. The Balaban J connectivity index is 1.70. The number of nitrogens with one attached hydrogen (secondary N) is 3. The van der Waals surface area contributed by atoms with E-state index in [0.29, 0.717) is 28.1 Å². The maximum absolute atomic E-state index is 14.8. The number of imide groups is 1. The van der Waals surface area contributed by atoms with Crippen LogP contribution in [0.5, 0.6) is 0 Å². The molecule has 0 saturated carbocycles. The van der Waals surface area contributed by atoms with Crippen molar-refractivity contribution in [3.05, 3.63) is 124 Å². The quantitative estimate of drug-likeness (QED) is 0.0490. The summed E-state index contributed by atoms with van der Waals surface area (Å²) in [7, 11) is -3.18. The van der Waals surface area contributed by atoms with Gasteiger partial charge in [0.1, 0.15) is 18.1 Å². The molecule has 0 aliphatic heterocycles.